The summed E-state index contributed by atoms with van der Waals surface area (Å²) in [6.07, 6.45) is 1.00. The first-order valence-corrected chi connectivity index (χ1v) is 2.12. The van der Waals surface area contributed by atoms with E-state index >= 15 is 0 Å². The molecule has 0 aromatic carbocycles. The molecular formula is C5H8O3. The van der Waals surface area contributed by atoms with E-state index < -0.39 is 5.97 Å². The molecular weight excluding hydrogens is 108 g/mol. The number of rotatable bonds is 1. The first-order chi connectivity index (χ1) is 3.66. The Morgan fingerprint density at radius 1 is 1.75 bits per heavy atom. The largest absolute Gasteiger partial charge is 0.512 e. The number of methoxy groups -OCH3 is 1. The first-order valence-electron chi connectivity index (χ1n) is 2.12. The van der Waals surface area contributed by atoms with Crippen molar-refractivity contribution in [3.05, 3.63) is 11.8 Å². The maximum Gasteiger partial charge on any atom is 0.333 e. The summed E-state index contributed by atoms with van der Waals surface area (Å²) in [4.78, 5) is 10.2. The number of carbonyl (C=O) groups excluding carboxylic acids is 1. The van der Waals surface area contributed by atoms with Gasteiger partial charge in [0, 0.05) is 0 Å². The summed E-state index contributed by atoms with van der Waals surface area (Å²) >= 11 is 0. The molecule has 46 valence electrons. The van der Waals surface area contributed by atoms with Crippen LogP contribution < -0.4 is 0 Å². The quantitative estimate of drug-likeness (QED) is 0.310. The molecule has 0 saturated heterocycles. The lowest BCUT2D eigenvalue weighted by atomic mass is 10.5. The molecule has 0 saturated carbocycles. The van der Waals surface area contributed by atoms with Crippen molar-refractivity contribution < 1.29 is 14.6 Å². The maximum absolute atomic E-state index is 10.2. The van der Waals surface area contributed by atoms with Gasteiger partial charge < -0.3 is 9.84 Å². The molecule has 0 unspecified atom stereocenters. The Labute approximate surface area is 47.6 Å². The molecule has 0 aromatic heterocycles. The number of allylic oxidation sites excluding steroid dienone is 1. The highest BCUT2D eigenvalue weighted by atomic mass is 16.5. The maximum atomic E-state index is 10.2. The van der Waals surface area contributed by atoms with Gasteiger partial charge in [-0.1, -0.05) is 0 Å². The third kappa shape index (κ3) is 3.21. The van der Waals surface area contributed by atoms with Gasteiger partial charge in [0.15, 0.2) is 0 Å². The van der Waals surface area contributed by atoms with Gasteiger partial charge in [-0.25, -0.2) is 4.79 Å². The van der Waals surface area contributed by atoms with Gasteiger partial charge in [-0.05, 0) is 6.92 Å². The average Bonchev–Trinajstić information content (AvgIpc) is 1.65. The number of hydrogen-bond acceptors (Lipinski definition) is 3. The molecule has 0 atom stereocenters. The van der Waals surface area contributed by atoms with Gasteiger partial charge in [0.25, 0.3) is 0 Å². The van der Waals surface area contributed by atoms with E-state index in [0.717, 1.165) is 6.08 Å². The molecule has 8 heavy (non-hydrogen) atoms. The Hall–Kier alpha value is -0.990. The van der Waals surface area contributed by atoms with Crippen LogP contribution in [0.25, 0.3) is 0 Å². The number of aliphatic hydroxyl groups is 1. The van der Waals surface area contributed by atoms with Gasteiger partial charge in [-0.3, -0.25) is 0 Å². The topological polar surface area (TPSA) is 46.5 Å². The molecule has 0 aliphatic carbocycles. The van der Waals surface area contributed by atoms with Crippen molar-refractivity contribution in [1.82, 2.24) is 0 Å². The lowest BCUT2D eigenvalue weighted by molar-refractivity contribution is -0.135. The summed E-state index contributed by atoms with van der Waals surface area (Å²) in [7, 11) is 1.25. The normalized spacial score (nSPS) is 11.0. The zero-order valence-corrected chi connectivity index (χ0v) is 4.84. The number of ether oxygens (including phenoxy) is 1. The molecule has 0 heterocycles. The number of aliphatic hydroxyl groups excluding tert-OH is 1. The van der Waals surface area contributed by atoms with Crippen LogP contribution in [0.3, 0.4) is 0 Å². The Balaban J connectivity index is 3.70. The molecule has 0 spiro atoms. The summed E-state index contributed by atoms with van der Waals surface area (Å²) in [5, 5.41) is 8.41. The van der Waals surface area contributed by atoms with Crippen molar-refractivity contribution in [1.29, 1.82) is 0 Å². The van der Waals surface area contributed by atoms with E-state index in [1.165, 1.54) is 14.0 Å². The van der Waals surface area contributed by atoms with E-state index in [1.807, 2.05) is 0 Å². The molecule has 0 aliphatic rings. The molecule has 0 fully saturated rings. The fraction of sp³-hybridized carbons (Fsp3) is 0.400. The second-order valence-electron chi connectivity index (χ2n) is 1.31. The summed E-state index contributed by atoms with van der Waals surface area (Å²) in [5.41, 5.74) is 0. The third-order valence-electron chi connectivity index (χ3n) is 0.528. The molecule has 3 heteroatoms. The van der Waals surface area contributed by atoms with Crippen molar-refractivity contribution in [3.63, 3.8) is 0 Å². The van der Waals surface area contributed by atoms with Crippen LogP contribution in [0.15, 0.2) is 11.8 Å². The zero-order chi connectivity index (χ0) is 6.57. The van der Waals surface area contributed by atoms with E-state index in [1.54, 1.807) is 0 Å². The minimum absolute atomic E-state index is 0.0446. The van der Waals surface area contributed by atoms with Crippen LogP contribution in [0.1, 0.15) is 6.92 Å². The van der Waals surface area contributed by atoms with Gasteiger partial charge in [-0.2, -0.15) is 0 Å². The summed E-state index contributed by atoms with van der Waals surface area (Å²) < 4.78 is 4.19. The van der Waals surface area contributed by atoms with Gasteiger partial charge in [-0.15, -0.1) is 0 Å². The SMILES string of the molecule is COC(=O)/C=C(\C)O. The monoisotopic (exact) mass is 116 g/mol. The van der Waals surface area contributed by atoms with Gasteiger partial charge in [0.05, 0.1) is 18.9 Å². The Morgan fingerprint density at radius 3 is 2.38 bits per heavy atom. The van der Waals surface area contributed by atoms with Crippen molar-refractivity contribution in [2.75, 3.05) is 7.11 Å². The van der Waals surface area contributed by atoms with Crippen LogP contribution in [0.5, 0.6) is 0 Å². The van der Waals surface area contributed by atoms with Gasteiger partial charge in [0.2, 0.25) is 0 Å². The molecule has 0 rings (SSSR count). The summed E-state index contributed by atoms with van der Waals surface area (Å²) in [6, 6.07) is 0. The van der Waals surface area contributed by atoms with E-state index in [4.69, 9.17) is 5.11 Å². The second-order valence-corrected chi connectivity index (χ2v) is 1.31. The van der Waals surface area contributed by atoms with Crippen LogP contribution >= 0.6 is 0 Å². The molecule has 0 aliphatic heterocycles. The van der Waals surface area contributed by atoms with E-state index in [2.05, 4.69) is 4.74 Å². The van der Waals surface area contributed by atoms with Crippen molar-refractivity contribution in [2.45, 2.75) is 6.92 Å². The van der Waals surface area contributed by atoms with Crippen LogP contribution in [-0.4, -0.2) is 18.2 Å². The fourth-order valence-corrected chi connectivity index (χ4v) is 0.229. The van der Waals surface area contributed by atoms with Crippen LogP contribution in [-0.2, 0) is 9.53 Å². The average molecular weight is 116 g/mol. The Kier molecular flexibility index (Phi) is 2.69. The van der Waals surface area contributed by atoms with Crippen LogP contribution in [0.2, 0.25) is 0 Å². The summed E-state index contributed by atoms with van der Waals surface area (Å²) in [5.74, 6) is -0.582. The van der Waals surface area contributed by atoms with Crippen molar-refractivity contribution >= 4 is 5.97 Å². The van der Waals surface area contributed by atoms with Crippen LogP contribution in [0, 0.1) is 0 Å². The number of hydrogen-bond donors (Lipinski definition) is 1. The standard InChI is InChI=1S/C5H8O3/c1-4(6)3-5(7)8-2/h3,6H,1-2H3/b4-3+. The predicted molar refractivity (Wildman–Crippen MR) is 28.4 cm³/mol. The highest BCUT2D eigenvalue weighted by Gasteiger charge is 1.91. The zero-order valence-electron chi connectivity index (χ0n) is 4.84. The smallest absolute Gasteiger partial charge is 0.333 e. The molecule has 3 nitrogen and oxygen atoms in total. The lowest BCUT2D eigenvalue weighted by Gasteiger charge is -1.88. The molecule has 0 bridgehead atoms. The Morgan fingerprint density at radius 2 is 2.25 bits per heavy atom. The minimum atomic E-state index is -0.537. The third-order valence-corrected chi connectivity index (χ3v) is 0.528. The number of esters is 1. The molecule has 0 amide bonds. The molecule has 0 radical (unpaired) electrons. The molecule has 1 N–H and O–H groups in total. The van der Waals surface area contributed by atoms with Crippen molar-refractivity contribution in [3.8, 4) is 0 Å². The van der Waals surface area contributed by atoms with E-state index in [0.29, 0.717) is 0 Å². The van der Waals surface area contributed by atoms with E-state index in [-0.39, 0.29) is 5.76 Å². The van der Waals surface area contributed by atoms with Crippen molar-refractivity contribution in [2.24, 2.45) is 0 Å². The number of carbonyl (C=O) groups is 1. The lowest BCUT2D eigenvalue weighted by Crippen LogP contribution is -1.94. The molecule has 0 aromatic rings. The highest BCUT2D eigenvalue weighted by molar-refractivity contribution is 5.82. The Bertz CT molecular complexity index is 111. The predicted octanol–water partition coefficient (Wildman–Crippen LogP) is 0.621. The first kappa shape index (κ1) is 7.01. The van der Waals surface area contributed by atoms with Crippen LogP contribution in [0.4, 0.5) is 0 Å². The fourth-order valence-electron chi connectivity index (χ4n) is 0.229. The second kappa shape index (κ2) is 3.07. The summed E-state index contributed by atoms with van der Waals surface area (Å²) in [6.45, 7) is 1.40. The van der Waals surface area contributed by atoms with E-state index in [9.17, 15) is 4.79 Å². The van der Waals surface area contributed by atoms with Gasteiger partial charge in [0.1, 0.15) is 0 Å². The van der Waals surface area contributed by atoms with Gasteiger partial charge >= 0.3 is 5.97 Å². The minimum Gasteiger partial charge on any atom is -0.512 e. The highest BCUT2D eigenvalue weighted by Crippen LogP contribution is 1.84.